The third-order valence-electron chi connectivity index (χ3n) is 3.22. The van der Waals surface area contributed by atoms with Gasteiger partial charge in [-0.15, -0.1) is 0 Å². The van der Waals surface area contributed by atoms with E-state index in [2.05, 4.69) is 16.9 Å². The molecule has 0 N–H and O–H groups in total. The third kappa shape index (κ3) is 2.50. The van der Waals surface area contributed by atoms with Gasteiger partial charge in [0.1, 0.15) is 12.4 Å². The van der Waals surface area contributed by atoms with Gasteiger partial charge >= 0.3 is 0 Å². The summed E-state index contributed by atoms with van der Waals surface area (Å²) in [5, 5.41) is 0. The largest absolute Gasteiger partial charge is 0.487 e. The number of ether oxygens (including phenoxy) is 1. The van der Waals surface area contributed by atoms with E-state index >= 15 is 0 Å². The molecule has 20 heavy (non-hydrogen) atoms. The molecule has 0 radical (unpaired) electrons. The van der Waals surface area contributed by atoms with Crippen LogP contribution in [-0.2, 0) is 6.61 Å². The standard InChI is InChI=1S/C16H17N3O/c1-11-4-6-15(7-5-11)20-10-14-9-19-13(3)8-12(2)17-16(19)18-14/h4-9H,10H2,1-3H3. The molecular weight excluding hydrogens is 250 g/mol. The summed E-state index contributed by atoms with van der Waals surface area (Å²) in [6.45, 7) is 6.53. The molecule has 4 heteroatoms. The molecule has 0 bridgehead atoms. The van der Waals surface area contributed by atoms with Crippen LogP contribution in [0.3, 0.4) is 0 Å². The molecular formula is C16H17N3O. The number of benzene rings is 1. The van der Waals surface area contributed by atoms with Gasteiger partial charge in [-0.1, -0.05) is 17.7 Å². The maximum atomic E-state index is 5.74. The van der Waals surface area contributed by atoms with Crippen molar-refractivity contribution in [1.29, 1.82) is 0 Å². The van der Waals surface area contributed by atoms with E-state index in [0.717, 1.165) is 28.6 Å². The predicted molar refractivity (Wildman–Crippen MR) is 78.0 cm³/mol. The molecule has 2 heterocycles. The van der Waals surface area contributed by atoms with Crippen LogP contribution in [0.5, 0.6) is 5.75 Å². The smallest absolute Gasteiger partial charge is 0.234 e. The van der Waals surface area contributed by atoms with E-state index in [-0.39, 0.29) is 0 Å². The van der Waals surface area contributed by atoms with E-state index < -0.39 is 0 Å². The van der Waals surface area contributed by atoms with Crippen molar-refractivity contribution in [2.45, 2.75) is 27.4 Å². The Hall–Kier alpha value is -2.36. The van der Waals surface area contributed by atoms with Gasteiger partial charge in [0.05, 0.1) is 5.69 Å². The molecule has 4 nitrogen and oxygen atoms in total. The fraction of sp³-hybridized carbons (Fsp3) is 0.250. The summed E-state index contributed by atoms with van der Waals surface area (Å²) >= 11 is 0. The number of rotatable bonds is 3. The van der Waals surface area contributed by atoms with Crippen LogP contribution in [0.25, 0.3) is 5.78 Å². The lowest BCUT2D eigenvalue weighted by atomic mass is 10.2. The van der Waals surface area contributed by atoms with Gasteiger partial charge in [-0.05, 0) is 39.0 Å². The monoisotopic (exact) mass is 267 g/mol. The third-order valence-corrected chi connectivity index (χ3v) is 3.22. The summed E-state index contributed by atoms with van der Waals surface area (Å²) in [5.41, 5.74) is 4.21. The Labute approximate surface area is 118 Å². The van der Waals surface area contributed by atoms with Crippen LogP contribution in [0, 0.1) is 20.8 Å². The summed E-state index contributed by atoms with van der Waals surface area (Å²) in [7, 11) is 0. The molecule has 2 aromatic heterocycles. The Balaban J connectivity index is 1.81. The number of hydrogen-bond acceptors (Lipinski definition) is 3. The number of aryl methyl sites for hydroxylation is 3. The van der Waals surface area contributed by atoms with Crippen molar-refractivity contribution >= 4 is 5.78 Å². The van der Waals surface area contributed by atoms with Gasteiger partial charge in [0.15, 0.2) is 0 Å². The van der Waals surface area contributed by atoms with Crippen molar-refractivity contribution in [2.75, 3.05) is 0 Å². The molecule has 0 aliphatic rings. The van der Waals surface area contributed by atoms with Crippen molar-refractivity contribution in [3.8, 4) is 5.75 Å². The lowest BCUT2D eigenvalue weighted by molar-refractivity contribution is 0.302. The van der Waals surface area contributed by atoms with Crippen LogP contribution in [0.4, 0.5) is 0 Å². The van der Waals surface area contributed by atoms with Crippen molar-refractivity contribution < 1.29 is 4.74 Å². The van der Waals surface area contributed by atoms with Gasteiger partial charge in [-0.2, -0.15) is 0 Å². The van der Waals surface area contributed by atoms with Crippen LogP contribution < -0.4 is 4.74 Å². The van der Waals surface area contributed by atoms with E-state index in [4.69, 9.17) is 4.74 Å². The summed E-state index contributed by atoms with van der Waals surface area (Å²) in [6, 6.07) is 10.1. The minimum Gasteiger partial charge on any atom is -0.487 e. The fourth-order valence-corrected chi connectivity index (χ4v) is 2.18. The molecule has 102 valence electrons. The normalized spacial score (nSPS) is 10.9. The number of imidazole rings is 1. The summed E-state index contributed by atoms with van der Waals surface area (Å²) in [4.78, 5) is 8.91. The highest BCUT2D eigenvalue weighted by Gasteiger charge is 2.06. The molecule has 0 saturated heterocycles. The van der Waals surface area contributed by atoms with Gasteiger partial charge in [0, 0.05) is 17.6 Å². The van der Waals surface area contributed by atoms with Gasteiger partial charge in [0.25, 0.3) is 0 Å². The SMILES string of the molecule is Cc1ccc(OCc2cn3c(C)cc(C)nc3n2)cc1. The fourth-order valence-electron chi connectivity index (χ4n) is 2.18. The molecule has 3 rings (SSSR count). The van der Waals surface area contributed by atoms with Crippen LogP contribution in [0.2, 0.25) is 0 Å². The molecule has 0 amide bonds. The Morgan fingerprint density at radius 1 is 1.05 bits per heavy atom. The predicted octanol–water partition coefficient (Wildman–Crippen LogP) is 3.23. The number of fused-ring (bicyclic) bond motifs is 1. The summed E-state index contributed by atoms with van der Waals surface area (Å²) in [6.07, 6.45) is 1.98. The molecule has 0 fully saturated rings. The molecule has 0 unspecified atom stereocenters. The van der Waals surface area contributed by atoms with E-state index in [9.17, 15) is 0 Å². The first kappa shape index (κ1) is 12.7. The molecule has 0 aliphatic carbocycles. The van der Waals surface area contributed by atoms with Gasteiger partial charge in [-0.25, -0.2) is 9.97 Å². The van der Waals surface area contributed by atoms with Crippen LogP contribution in [-0.4, -0.2) is 14.4 Å². The average Bonchev–Trinajstić information content (AvgIpc) is 2.81. The maximum Gasteiger partial charge on any atom is 0.234 e. The zero-order chi connectivity index (χ0) is 14.1. The quantitative estimate of drug-likeness (QED) is 0.731. The molecule has 0 saturated carbocycles. The van der Waals surface area contributed by atoms with Gasteiger partial charge in [-0.3, -0.25) is 4.40 Å². The molecule has 0 spiro atoms. The lowest BCUT2D eigenvalue weighted by Crippen LogP contribution is -1.95. The summed E-state index contributed by atoms with van der Waals surface area (Å²) < 4.78 is 7.73. The number of hydrogen-bond donors (Lipinski definition) is 0. The van der Waals surface area contributed by atoms with E-state index in [1.54, 1.807) is 0 Å². The van der Waals surface area contributed by atoms with Crippen molar-refractivity contribution in [2.24, 2.45) is 0 Å². The van der Waals surface area contributed by atoms with Crippen LogP contribution in [0.1, 0.15) is 22.6 Å². The second-order valence-electron chi connectivity index (χ2n) is 5.04. The zero-order valence-electron chi connectivity index (χ0n) is 11.9. The van der Waals surface area contributed by atoms with Crippen molar-refractivity contribution in [1.82, 2.24) is 14.4 Å². The number of aromatic nitrogens is 3. The minimum atomic E-state index is 0.449. The average molecular weight is 267 g/mol. The highest BCUT2D eigenvalue weighted by molar-refractivity contribution is 5.35. The first-order valence-electron chi connectivity index (χ1n) is 6.63. The van der Waals surface area contributed by atoms with E-state index in [0.29, 0.717) is 6.61 Å². The number of nitrogens with zero attached hydrogens (tertiary/aromatic N) is 3. The van der Waals surface area contributed by atoms with Crippen LogP contribution >= 0.6 is 0 Å². The highest BCUT2D eigenvalue weighted by Crippen LogP contribution is 2.14. The van der Waals surface area contributed by atoms with Gasteiger partial charge < -0.3 is 4.74 Å². The lowest BCUT2D eigenvalue weighted by Gasteiger charge is -2.03. The Bertz CT molecular complexity index is 744. The van der Waals surface area contributed by atoms with E-state index in [1.165, 1.54) is 5.56 Å². The molecule has 1 aromatic carbocycles. The molecule has 3 aromatic rings. The zero-order valence-corrected chi connectivity index (χ0v) is 11.9. The topological polar surface area (TPSA) is 39.4 Å². The molecule has 0 aliphatic heterocycles. The molecule has 0 atom stereocenters. The maximum absolute atomic E-state index is 5.74. The minimum absolute atomic E-state index is 0.449. The highest BCUT2D eigenvalue weighted by atomic mass is 16.5. The first-order chi connectivity index (χ1) is 9.61. The van der Waals surface area contributed by atoms with Crippen molar-refractivity contribution in [3.63, 3.8) is 0 Å². The summed E-state index contributed by atoms with van der Waals surface area (Å²) in [5.74, 6) is 1.58. The Kier molecular flexibility index (Phi) is 3.14. The van der Waals surface area contributed by atoms with Gasteiger partial charge in [0.2, 0.25) is 5.78 Å². The Morgan fingerprint density at radius 2 is 1.80 bits per heavy atom. The van der Waals surface area contributed by atoms with Crippen LogP contribution in [0.15, 0.2) is 36.5 Å². The first-order valence-corrected chi connectivity index (χ1v) is 6.63. The Morgan fingerprint density at radius 3 is 2.55 bits per heavy atom. The van der Waals surface area contributed by atoms with E-state index in [1.807, 2.05) is 54.8 Å². The second kappa shape index (κ2) is 4.96. The van der Waals surface area contributed by atoms with Crippen molar-refractivity contribution in [3.05, 3.63) is 59.2 Å². The second-order valence-corrected chi connectivity index (χ2v) is 5.04.